The summed E-state index contributed by atoms with van der Waals surface area (Å²) >= 11 is 1.48. The number of aliphatic carboxylic acids is 1. The fourth-order valence-electron chi connectivity index (χ4n) is 2.36. The van der Waals surface area contributed by atoms with Crippen LogP contribution >= 0.6 is 11.3 Å². The summed E-state index contributed by atoms with van der Waals surface area (Å²) in [4.78, 5) is 18.0. The second-order valence-corrected chi connectivity index (χ2v) is 6.84. The number of anilines is 1. The number of carboxylic acid groups (broad SMARTS) is 1. The van der Waals surface area contributed by atoms with E-state index < -0.39 is 11.4 Å². The van der Waals surface area contributed by atoms with E-state index in [0.717, 1.165) is 18.2 Å². The van der Waals surface area contributed by atoms with E-state index in [9.17, 15) is 9.90 Å². The molecule has 1 saturated heterocycles. The zero-order valence-corrected chi connectivity index (χ0v) is 13.2. The van der Waals surface area contributed by atoms with Crippen LogP contribution in [0.15, 0.2) is 5.38 Å². The number of aromatic nitrogens is 1. The lowest BCUT2D eigenvalue weighted by Crippen LogP contribution is -2.40. The molecule has 20 heavy (non-hydrogen) atoms. The Balaban J connectivity index is 1.94. The Labute approximate surface area is 124 Å². The molecular weight excluding hydrogens is 274 g/mol. The van der Waals surface area contributed by atoms with Crippen LogP contribution in [0.3, 0.4) is 0 Å². The molecule has 0 bridgehead atoms. The number of nitrogens with zero attached hydrogens (tertiary/aromatic N) is 2. The molecule has 0 radical (unpaired) electrons. The van der Waals surface area contributed by atoms with Crippen LogP contribution < -0.4 is 5.32 Å². The lowest BCUT2D eigenvalue weighted by Gasteiger charge is -2.32. The van der Waals surface area contributed by atoms with Gasteiger partial charge in [-0.25, -0.2) is 4.98 Å². The third-order valence-corrected chi connectivity index (χ3v) is 4.89. The highest BCUT2D eigenvalue weighted by Gasteiger charge is 2.32. The second-order valence-electron chi connectivity index (χ2n) is 5.98. The smallest absolute Gasteiger partial charge is 0.315 e. The third kappa shape index (κ3) is 3.30. The molecule has 1 aliphatic heterocycles. The summed E-state index contributed by atoms with van der Waals surface area (Å²) < 4.78 is 0. The predicted octanol–water partition coefficient (Wildman–Crippen LogP) is 2.40. The number of hydrogen-bond acceptors (Lipinski definition) is 5. The second kappa shape index (κ2) is 6.10. The molecule has 2 rings (SSSR count). The summed E-state index contributed by atoms with van der Waals surface area (Å²) in [5.41, 5.74) is -0.313. The van der Waals surface area contributed by atoms with E-state index in [1.54, 1.807) is 13.8 Å². The van der Waals surface area contributed by atoms with Gasteiger partial charge in [0.15, 0.2) is 5.13 Å². The van der Waals surface area contributed by atoms with Gasteiger partial charge in [0, 0.05) is 18.0 Å². The molecule has 0 spiro atoms. The van der Waals surface area contributed by atoms with Gasteiger partial charge in [-0.1, -0.05) is 6.42 Å². The monoisotopic (exact) mass is 297 g/mol. The topological polar surface area (TPSA) is 65.5 Å². The third-order valence-electron chi connectivity index (χ3n) is 4.09. The van der Waals surface area contributed by atoms with Crippen molar-refractivity contribution in [3.05, 3.63) is 11.1 Å². The first-order valence-electron chi connectivity index (χ1n) is 7.05. The van der Waals surface area contributed by atoms with Crippen LogP contribution in [0.1, 0.15) is 38.8 Å². The van der Waals surface area contributed by atoms with Crippen molar-refractivity contribution >= 4 is 22.4 Å². The van der Waals surface area contributed by atoms with Crippen LogP contribution in [0.25, 0.3) is 0 Å². The summed E-state index contributed by atoms with van der Waals surface area (Å²) in [6.07, 6.45) is 3.77. The van der Waals surface area contributed by atoms with Crippen LogP contribution in [0.4, 0.5) is 5.13 Å². The molecule has 2 N–H and O–H groups in total. The summed E-state index contributed by atoms with van der Waals surface area (Å²) in [5, 5.41) is 15.2. The maximum absolute atomic E-state index is 11.2. The standard InChI is InChI=1S/C14H23N3O2S/c1-14(2,12(18)19)11-9-20-13(16-11)15-8-10-6-4-5-7-17(10)3/h9-10H,4-8H2,1-3H3,(H,15,16)(H,18,19). The van der Waals surface area contributed by atoms with Gasteiger partial charge in [-0.05, 0) is 40.3 Å². The predicted molar refractivity (Wildman–Crippen MR) is 81.5 cm³/mol. The van der Waals surface area contributed by atoms with Crippen molar-refractivity contribution in [1.29, 1.82) is 0 Å². The molecule has 6 heteroatoms. The highest BCUT2D eigenvalue weighted by Crippen LogP contribution is 2.27. The van der Waals surface area contributed by atoms with Crippen LogP contribution in [0, 0.1) is 0 Å². The van der Waals surface area contributed by atoms with Gasteiger partial charge < -0.3 is 15.3 Å². The number of likely N-dealkylation sites (tertiary alicyclic amines) is 1. The summed E-state index contributed by atoms with van der Waals surface area (Å²) in [6.45, 7) is 5.39. The lowest BCUT2D eigenvalue weighted by molar-refractivity contribution is -0.142. The van der Waals surface area contributed by atoms with Gasteiger partial charge >= 0.3 is 5.97 Å². The summed E-state index contributed by atoms with van der Waals surface area (Å²) in [7, 11) is 2.16. The number of piperidine rings is 1. The Morgan fingerprint density at radius 1 is 1.60 bits per heavy atom. The van der Waals surface area contributed by atoms with E-state index in [4.69, 9.17) is 0 Å². The van der Waals surface area contributed by atoms with E-state index in [2.05, 4.69) is 22.2 Å². The number of hydrogen-bond donors (Lipinski definition) is 2. The average Bonchev–Trinajstić information content (AvgIpc) is 2.87. The molecule has 1 aromatic heterocycles. The molecule has 1 unspecified atom stereocenters. The Morgan fingerprint density at radius 2 is 2.35 bits per heavy atom. The van der Waals surface area contributed by atoms with Crippen LogP contribution in [0.5, 0.6) is 0 Å². The largest absolute Gasteiger partial charge is 0.481 e. The van der Waals surface area contributed by atoms with Crippen molar-refractivity contribution in [2.45, 2.75) is 44.6 Å². The molecule has 1 aliphatic rings. The SMILES string of the molecule is CN1CCCCC1CNc1nc(C(C)(C)C(=O)O)cs1. The number of carbonyl (C=O) groups is 1. The number of carboxylic acids is 1. The molecule has 0 amide bonds. The number of likely N-dealkylation sites (N-methyl/N-ethyl adjacent to an activating group) is 1. The minimum Gasteiger partial charge on any atom is -0.481 e. The highest BCUT2D eigenvalue weighted by molar-refractivity contribution is 7.13. The maximum atomic E-state index is 11.2. The molecule has 0 saturated carbocycles. The van der Waals surface area contributed by atoms with Crippen LogP contribution in [-0.4, -0.2) is 47.1 Å². The Kier molecular flexibility index (Phi) is 4.65. The van der Waals surface area contributed by atoms with Gasteiger partial charge in [0.1, 0.15) is 5.41 Å². The molecule has 1 fully saturated rings. The van der Waals surface area contributed by atoms with E-state index in [0.29, 0.717) is 11.7 Å². The number of thiazole rings is 1. The van der Waals surface area contributed by atoms with Crippen molar-refractivity contribution in [2.75, 3.05) is 25.5 Å². The highest BCUT2D eigenvalue weighted by atomic mass is 32.1. The molecule has 2 heterocycles. The first-order valence-corrected chi connectivity index (χ1v) is 7.92. The summed E-state index contributed by atoms with van der Waals surface area (Å²) in [5.74, 6) is -0.846. The lowest BCUT2D eigenvalue weighted by atomic mass is 9.90. The minimum absolute atomic E-state index is 0.545. The molecule has 5 nitrogen and oxygen atoms in total. The van der Waals surface area contributed by atoms with E-state index >= 15 is 0 Å². The van der Waals surface area contributed by atoms with Gasteiger partial charge in [0.2, 0.25) is 0 Å². The Morgan fingerprint density at radius 3 is 3.00 bits per heavy atom. The van der Waals surface area contributed by atoms with E-state index in [-0.39, 0.29) is 0 Å². The average molecular weight is 297 g/mol. The Hall–Kier alpha value is -1.14. The van der Waals surface area contributed by atoms with E-state index in [1.807, 2.05) is 5.38 Å². The van der Waals surface area contributed by atoms with E-state index in [1.165, 1.54) is 30.6 Å². The first-order chi connectivity index (χ1) is 9.41. The molecule has 0 aliphatic carbocycles. The molecule has 1 aromatic rings. The summed E-state index contributed by atoms with van der Waals surface area (Å²) in [6, 6.07) is 0.545. The first kappa shape index (κ1) is 15.3. The normalized spacial score (nSPS) is 20.9. The molecule has 0 aromatic carbocycles. The maximum Gasteiger partial charge on any atom is 0.315 e. The quantitative estimate of drug-likeness (QED) is 0.873. The van der Waals surface area contributed by atoms with Crippen LogP contribution in [0.2, 0.25) is 0 Å². The number of rotatable bonds is 5. The molecule has 112 valence electrons. The van der Waals surface area contributed by atoms with Gasteiger partial charge in [-0.2, -0.15) is 0 Å². The van der Waals surface area contributed by atoms with Crippen molar-refractivity contribution in [1.82, 2.24) is 9.88 Å². The van der Waals surface area contributed by atoms with Gasteiger partial charge in [-0.3, -0.25) is 4.79 Å². The zero-order chi connectivity index (χ0) is 14.8. The number of nitrogens with one attached hydrogen (secondary N) is 1. The van der Waals surface area contributed by atoms with Crippen molar-refractivity contribution in [2.24, 2.45) is 0 Å². The van der Waals surface area contributed by atoms with Crippen LogP contribution in [-0.2, 0) is 10.2 Å². The fourth-order valence-corrected chi connectivity index (χ4v) is 3.25. The zero-order valence-electron chi connectivity index (χ0n) is 12.3. The van der Waals surface area contributed by atoms with Gasteiger partial charge in [0.25, 0.3) is 0 Å². The minimum atomic E-state index is -0.932. The fraction of sp³-hybridized carbons (Fsp3) is 0.714. The van der Waals surface area contributed by atoms with Gasteiger partial charge in [-0.15, -0.1) is 11.3 Å². The van der Waals surface area contributed by atoms with Crippen molar-refractivity contribution in [3.8, 4) is 0 Å². The van der Waals surface area contributed by atoms with Crippen molar-refractivity contribution < 1.29 is 9.90 Å². The Bertz CT molecular complexity index is 473. The molecule has 1 atom stereocenters. The van der Waals surface area contributed by atoms with Crippen molar-refractivity contribution in [3.63, 3.8) is 0 Å². The van der Waals surface area contributed by atoms with Gasteiger partial charge in [0.05, 0.1) is 5.69 Å². The molecular formula is C14H23N3O2S.